The van der Waals surface area contributed by atoms with Gasteiger partial charge in [-0.15, -0.1) is 0 Å². The molecule has 29 heavy (non-hydrogen) atoms. The molecule has 5 heteroatoms. The van der Waals surface area contributed by atoms with Crippen LogP contribution in [-0.2, 0) is 13.1 Å². The van der Waals surface area contributed by atoms with Crippen LogP contribution in [0.25, 0.3) is 0 Å². The lowest BCUT2D eigenvalue weighted by Gasteiger charge is -2.25. The van der Waals surface area contributed by atoms with Crippen molar-refractivity contribution in [2.45, 2.75) is 19.2 Å². The van der Waals surface area contributed by atoms with Crippen LogP contribution in [0.5, 0.6) is 11.5 Å². The molecule has 0 saturated carbocycles. The molecule has 0 spiro atoms. The predicted molar refractivity (Wildman–Crippen MR) is 111 cm³/mol. The lowest BCUT2D eigenvalue weighted by molar-refractivity contribution is 0.0624. The van der Waals surface area contributed by atoms with Crippen molar-refractivity contribution in [1.29, 1.82) is 0 Å². The topological polar surface area (TPSA) is 41.9 Å². The first-order chi connectivity index (χ1) is 14.1. The van der Waals surface area contributed by atoms with Gasteiger partial charge in [-0.1, -0.05) is 48.5 Å². The van der Waals surface area contributed by atoms with Gasteiger partial charge in [0.2, 0.25) is 0 Å². The van der Waals surface area contributed by atoms with Crippen molar-refractivity contribution in [3.63, 3.8) is 0 Å². The second-order valence-corrected chi connectivity index (χ2v) is 6.89. The Hall–Kier alpha value is -2.89. The first-order valence-corrected chi connectivity index (χ1v) is 9.58. The molecule has 0 amide bonds. The summed E-state index contributed by atoms with van der Waals surface area (Å²) in [5.41, 5.74) is 1.65. The third-order valence-corrected chi connectivity index (χ3v) is 4.57. The third kappa shape index (κ3) is 6.59. The summed E-state index contributed by atoms with van der Waals surface area (Å²) in [5, 5.41) is 10.5. The second kappa shape index (κ2) is 10.6. The Morgan fingerprint density at radius 1 is 0.862 bits per heavy atom. The summed E-state index contributed by atoms with van der Waals surface area (Å²) in [5.74, 6) is 1.25. The van der Waals surface area contributed by atoms with E-state index in [1.165, 1.54) is 6.07 Å². The summed E-state index contributed by atoms with van der Waals surface area (Å²) in [4.78, 5) is 2.01. The first-order valence-electron chi connectivity index (χ1n) is 9.58. The summed E-state index contributed by atoms with van der Waals surface area (Å²) >= 11 is 0. The maximum absolute atomic E-state index is 14.2. The molecule has 3 aromatic rings. The summed E-state index contributed by atoms with van der Waals surface area (Å²) in [6.07, 6.45) is -0.708. The summed E-state index contributed by atoms with van der Waals surface area (Å²) in [6.45, 7) is 1.48. The van der Waals surface area contributed by atoms with Crippen LogP contribution in [0.2, 0.25) is 0 Å². The molecule has 3 aromatic carbocycles. The highest BCUT2D eigenvalue weighted by molar-refractivity contribution is 5.27. The Balaban J connectivity index is 1.66. The van der Waals surface area contributed by atoms with E-state index in [0.717, 1.165) is 11.3 Å². The lowest BCUT2D eigenvalue weighted by Crippen LogP contribution is -2.35. The fourth-order valence-corrected chi connectivity index (χ4v) is 3.10. The third-order valence-electron chi connectivity index (χ3n) is 4.57. The van der Waals surface area contributed by atoms with Crippen LogP contribution < -0.4 is 9.47 Å². The molecule has 0 saturated heterocycles. The van der Waals surface area contributed by atoms with Crippen LogP contribution in [0.4, 0.5) is 4.39 Å². The van der Waals surface area contributed by atoms with E-state index in [9.17, 15) is 9.50 Å². The van der Waals surface area contributed by atoms with Gasteiger partial charge >= 0.3 is 0 Å². The van der Waals surface area contributed by atoms with Crippen molar-refractivity contribution in [1.82, 2.24) is 4.90 Å². The van der Waals surface area contributed by atoms with E-state index >= 15 is 0 Å². The number of ether oxygens (including phenoxy) is 2. The van der Waals surface area contributed by atoms with E-state index in [-0.39, 0.29) is 12.4 Å². The Bertz CT molecular complexity index is 871. The molecule has 4 nitrogen and oxygen atoms in total. The van der Waals surface area contributed by atoms with Gasteiger partial charge in [0.1, 0.15) is 30.0 Å². The normalized spacial score (nSPS) is 12.0. The van der Waals surface area contributed by atoms with Crippen LogP contribution in [0.3, 0.4) is 0 Å². The van der Waals surface area contributed by atoms with E-state index in [4.69, 9.17) is 9.47 Å². The molecule has 0 fully saturated rings. The van der Waals surface area contributed by atoms with Crippen molar-refractivity contribution in [3.05, 3.63) is 95.8 Å². The zero-order chi connectivity index (χ0) is 20.5. The molecule has 0 heterocycles. The number of benzene rings is 3. The number of rotatable bonds is 10. The molecule has 3 rings (SSSR count). The molecule has 1 atom stereocenters. The predicted octanol–water partition coefficient (Wildman–Crippen LogP) is 4.28. The van der Waals surface area contributed by atoms with Crippen molar-refractivity contribution in [2.75, 3.05) is 20.3 Å². The number of methoxy groups -OCH3 is 1. The Morgan fingerprint density at radius 3 is 2.24 bits per heavy atom. The van der Waals surface area contributed by atoms with Gasteiger partial charge < -0.3 is 14.6 Å². The molecule has 0 aliphatic carbocycles. The highest BCUT2D eigenvalue weighted by Gasteiger charge is 2.15. The van der Waals surface area contributed by atoms with Crippen LogP contribution >= 0.6 is 0 Å². The molecule has 0 radical (unpaired) electrons. The van der Waals surface area contributed by atoms with E-state index in [1.54, 1.807) is 19.2 Å². The molecule has 0 aliphatic rings. The summed E-state index contributed by atoms with van der Waals surface area (Å²) < 4.78 is 25.0. The quantitative estimate of drug-likeness (QED) is 0.557. The lowest BCUT2D eigenvalue weighted by atomic mass is 10.1. The molecule has 0 bridgehead atoms. The fourth-order valence-electron chi connectivity index (χ4n) is 3.10. The number of para-hydroxylation sites is 1. The average Bonchev–Trinajstić information content (AvgIpc) is 2.75. The zero-order valence-electron chi connectivity index (χ0n) is 16.5. The fraction of sp³-hybridized carbons (Fsp3) is 0.250. The highest BCUT2D eigenvalue weighted by atomic mass is 19.1. The van der Waals surface area contributed by atoms with Gasteiger partial charge in [-0.3, -0.25) is 4.90 Å². The van der Waals surface area contributed by atoms with Crippen LogP contribution in [0.1, 0.15) is 11.1 Å². The van der Waals surface area contributed by atoms with Gasteiger partial charge in [-0.25, -0.2) is 4.39 Å². The van der Waals surface area contributed by atoms with Gasteiger partial charge in [0.15, 0.2) is 0 Å². The standard InChI is InChI=1S/C24H26FNO3/c1-28-22-13-11-19(12-14-22)15-26(16-20-7-5-6-10-24(20)25)17-21(27)18-29-23-8-3-2-4-9-23/h2-14,21,27H,15-18H2,1H3. The molecule has 1 N–H and O–H groups in total. The van der Waals surface area contributed by atoms with E-state index in [1.807, 2.05) is 65.6 Å². The molecule has 0 aliphatic heterocycles. The minimum Gasteiger partial charge on any atom is -0.497 e. The maximum Gasteiger partial charge on any atom is 0.127 e. The minimum absolute atomic E-state index is 0.167. The summed E-state index contributed by atoms with van der Waals surface area (Å²) in [7, 11) is 1.63. The number of hydrogen-bond acceptors (Lipinski definition) is 4. The molecule has 1 unspecified atom stereocenters. The van der Waals surface area contributed by atoms with E-state index < -0.39 is 6.10 Å². The van der Waals surface area contributed by atoms with Crippen LogP contribution in [0, 0.1) is 5.82 Å². The van der Waals surface area contributed by atoms with Crippen molar-refractivity contribution in [3.8, 4) is 11.5 Å². The van der Waals surface area contributed by atoms with Gasteiger partial charge in [-0.2, -0.15) is 0 Å². The number of halogens is 1. The number of aliphatic hydroxyl groups is 1. The largest absolute Gasteiger partial charge is 0.497 e. The summed E-state index contributed by atoms with van der Waals surface area (Å²) in [6, 6.07) is 23.8. The van der Waals surface area contributed by atoms with Crippen molar-refractivity contribution >= 4 is 0 Å². The minimum atomic E-state index is -0.708. The molecule has 0 aromatic heterocycles. The smallest absolute Gasteiger partial charge is 0.127 e. The molecular formula is C24H26FNO3. The number of aliphatic hydroxyl groups excluding tert-OH is 1. The van der Waals surface area contributed by atoms with E-state index in [0.29, 0.717) is 30.9 Å². The van der Waals surface area contributed by atoms with E-state index in [2.05, 4.69) is 0 Å². The van der Waals surface area contributed by atoms with Crippen molar-refractivity contribution < 1.29 is 19.0 Å². The van der Waals surface area contributed by atoms with Gasteiger partial charge in [0, 0.05) is 25.2 Å². The van der Waals surface area contributed by atoms with Gasteiger partial charge in [0.05, 0.1) is 7.11 Å². The highest BCUT2D eigenvalue weighted by Crippen LogP contribution is 2.17. The van der Waals surface area contributed by atoms with Gasteiger partial charge in [0.25, 0.3) is 0 Å². The van der Waals surface area contributed by atoms with Crippen LogP contribution in [0.15, 0.2) is 78.9 Å². The average molecular weight is 395 g/mol. The maximum atomic E-state index is 14.2. The first kappa shape index (κ1) is 20.8. The second-order valence-electron chi connectivity index (χ2n) is 6.89. The Morgan fingerprint density at radius 2 is 1.55 bits per heavy atom. The zero-order valence-corrected chi connectivity index (χ0v) is 16.5. The van der Waals surface area contributed by atoms with Gasteiger partial charge in [-0.05, 0) is 35.9 Å². The Kier molecular flexibility index (Phi) is 7.61. The van der Waals surface area contributed by atoms with Crippen LogP contribution in [-0.4, -0.2) is 36.4 Å². The monoisotopic (exact) mass is 395 g/mol. The molecule has 152 valence electrons. The number of hydrogen-bond donors (Lipinski definition) is 1. The Labute approximate surface area is 171 Å². The SMILES string of the molecule is COc1ccc(CN(Cc2ccccc2F)CC(O)COc2ccccc2)cc1. The molecular weight excluding hydrogens is 369 g/mol. The van der Waals surface area contributed by atoms with Crippen molar-refractivity contribution in [2.24, 2.45) is 0 Å². The number of nitrogens with zero attached hydrogens (tertiary/aromatic N) is 1.